The fourth-order valence-corrected chi connectivity index (χ4v) is 14.0. The van der Waals surface area contributed by atoms with Crippen LogP contribution in [0.3, 0.4) is 0 Å². The molecule has 0 aromatic heterocycles. The van der Waals surface area contributed by atoms with E-state index in [-0.39, 0.29) is 23.0 Å². The number of piperazine rings is 5. The quantitative estimate of drug-likeness (QED) is 0.0191. The van der Waals surface area contributed by atoms with Crippen LogP contribution < -0.4 is 18.9 Å². The number of rotatable bonds is 38. The molecule has 9 rings (SSSR count). The van der Waals surface area contributed by atoms with Crippen LogP contribution in [-0.4, -0.2) is 301 Å². The Bertz CT molecular complexity index is 2670. The highest BCUT2D eigenvalue weighted by molar-refractivity contribution is 6.17. The summed E-state index contributed by atoms with van der Waals surface area (Å²) in [6.45, 7) is 41.5. The third kappa shape index (κ3) is 31.6. The van der Waals surface area contributed by atoms with Crippen molar-refractivity contribution in [3.05, 3.63) is 95.1 Å². The van der Waals surface area contributed by atoms with Crippen molar-refractivity contribution in [1.82, 2.24) is 49.0 Å². The predicted molar refractivity (Wildman–Crippen MR) is 412 cm³/mol. The highest BCUT2D eigenvalue weighted by atomic mass is 35.5. The number of hydrogen-bond acceptors (Lipinski definition) is 18. The lowest BCUT2D eigenvalue weighted by molar-refractivity contribution is 0.148. The van der Waals surface area contributed by atoms with Crippen LogP contribution in [0.4, 0.5) is 0 Å². The molecule has 5 saturated heterocycles. The number of nitrogens with zero attached hydrogens (tertiary/aromatic N) is 10. The van der Waals surface area contributed by atoms with Gasteiger partial charge < -0.3 is 88.4 Å². The molecule has 0 spiro atoms. The minimum atomic E-state index is -0.107. The Hall–Kier alpha value is -4.83. The Morgan fingerprint density at radius 2 is 0.520 bits per heavy atom. The van der Waals surface area contributed by atoms with Gasteiger partial charge >= 0.3 is 0 Å². The lowest BCUT2D eigenvalue weighted by atomic mass is 9.85. The van der Waals surface area contributed by atoms with Gasteiger partial charge in [0.1, 0.15) is 0 Å². The zero-order valence-corrected chi connectivity index (χ0v) is 64.4. The topological polar surface area (TPSA) is 150 Å². The van der Waals surface area contributed by atoms with Crippen molar-refractivity contribution in [2.75, 3.05) is 231 Å². The first-order valence-electron chi connectivity index (χ1n) is 38.8. The Morgan fingerprint density at radius 1 is 0.290 bits per heavy atom. The Labute approximate surface area is 610 Å². The van der Waals surface area contributed by atoms with E-state index in [9.17, 15) is 20.4 Å². The number of aromatic hydroxyl groups is 4. The Balaban J connectivity index is 0.000000334. The van der Waals surface area contributed by atoms with E-state index >= 15 is 0 Å². The van der Waals surface area contributed by atoms with Gasteiger partial charge in [0.05, 0.1) is 26.4 Å². The molecule has 4 N–H and O–H groups in total. The van der Waals surface area contributed by atoms with Crippen LogP contribution in [0.25, 0.3) is 0 Å². The van der Waals surface area contributed by atoms with Gasteiger partial charge in [-0.05, 0) is 252 Å². The molecule has 100 heavy (non-hydrogen) atoms. The maximum atomic E-state index is 9.54. The van der Waals surface area contributed by atoms with Crippen molar-refractivity contribution in [3.63, 3.8) is 0 Å². The van der Waals surface area contributed by atoms with Gasteiger partial charge in [-0.15, -0.1) is 11.6 Å². The summed E-state index contributed by atoms with van der Waals surface area (Å²) in [6, 6.07) is 23.2. The Morgan fingerprint density at radius 3 is 0.770 bits per heavy atom. The molecule has 5 aliphatic rings. The summed E-state index contributed by atoms with van der Waals surface area (Å²) in [5.41, 5.74) is 4.59. The molecule has 0 amide bonds. The first-order chi connectivity index (χ1) is 48.3. The summed E-state index contributed by atoms with van der Waals surface area (Å²) >= 11 is 5.62. The molecule has 5 heterocycles. The number of halogens is 1. The summed E-state index contributed by atoms with van der Waals surface area (Å²) in [6.07, 6.45) is 14.9. The number of unbranched alkanes of at least 4 members (excludes halogenated alkanes) is 5. The minimum Gasteiger partial charge on any atom is -0.504 e. The molecule has 0 unspecified atom stereocenters. The molecule has 5 fully saturated rings. The molecule has 19 heteroatoms. The second-order valence-electron chi connectivity index (χ2n) is 30.3. The molecule has 5 aliphatic heterocycles. The van der Waals surface area contributed by atoms with Crippen LogP contribution in [-0.2, 0) is 25.7 Å². The smallest absolute Gasteiger partial charge is 0.161 e. The summed E-state index contributed by atoms with van der Waals surface area (Å²) < 4.78 is 26.0. The third-order valence-corrected chi connectivity index (χ3v) is 21.9. The van der Waals surface area contributed by atoms with Gasteiger partial charge in [0, 0.05) is 137 Å². The van der Waals surface area contributed by atoms with Crippen LogP contribution in [0.1, 0.15) is 114 Å². The summed E-state index contributed by atoms with van der Waals surface area (Å²) in [5.74, 6) is 5.70. The molecular formula is C81H135ClN10O8. The lowest BCUT2D eigenvalue weighted by Crippen LogP contribution is -2.44. The number of benzene rings is 4. The molecule has 564 valence electrons. The highest BCUT2D eigenvalue weighted by Crippen LogP contribution is 2.35. The van der Waals surface area contributed by atoms with E-state index in [1.807, 2.05) is 12.1 Å². The molecule has 4 aromatic carbocycles. The van der Waals surface area contributed by atoms with Gasteiger partial charge in [0.2, 0.25) is 0 Å². The van der Waals surface area contributed by atoms with E-state index in [2.05, 4.69) is 148 Å². The Kier molecular flexibility index (Phi) is 38.0. The number of hydrogen-bond donors (Lipinski definition) is 4. The van der Waals surface area contributed by atoms with Crippen molar-refractivity contribution in [3.8, 4) is 46.0 Å². The molecule has 0 bridgehead atoms. The zero-order valence-electron chi connectivity index (χ0n) is 63.6. The highest BCUT2D eigenvalue weighted by Gasteiger charge is 2.22. The van der Waals surface area contributed by atoms with E-state index in [1.54, 1.807) is 12.1 Å². The van der Waals surface area contributed by atoms with Gasteiger partial charge in [-0.3, -0.25) is 0 Å². The van der Waals surface area contributed by atoms with Crippen LogP contribution in [0, 0.1) is 23.7 Å². The van der Waals surface area contributed by atoms with E-state index in [4.69, 9.17) is 30.5 Å². The van der Waals surface area contributed by atoms with Gasteiger partial charge in [-0.25, -0.2) is 0 Å². The molecule has 4 aromatic rings. The largest absolute Gasteiger partial charge is 0.504 e. The normalized spacial score (nSPS) is 19.1. The number of phenolic OH excluding ortho intramolecular Hbond substituents is 4. The zero-order chi connectivity index (χ0) is 71.4. The first kappa shape index (κ1) is 82.5. The molecule has 0 radical (unpaired) electrons. The van der Waals surface area contributed by atoms with Crippen molar-refractivity contribution in [2.24, 2.45) is 23.7 Å². The predicted octanol–water partition coefficient (Wildman–Crippen LogP) is 11.2. The molecule has 4 atom stereocenters. The monoisotopic (exact) mass is 1410 g/mol. The summed E-state index contributed by atoms with van der Waals surface area (Å²) in [4.78, 5) is 25.0. The molecule has 18 nitrogen and oxygen atoms in total. The molecule has 0 saturated carbocycles. The van der Waals surface area contributed by atoms with Gasteiger partial charge in [-0.2, -0.15) is 0 Å². The first-order valence-corrected chi connectivity index (χ1v) is 39.3. The fourth-order valence-electron chi connectivity index (χ4n) is 13.8. The second-order valence-corrected chi connectivity index (χ2v) is 30.7. The van der Waals surface area contributed by atoms with Crippen LogP contribution in [0.15, 0.2) is 72.8 Å². The second kappa shape index (κ2) is 46.1. The van der Waals surface area contributed by atoms with Gasteiger partial charge in [0.15, 0.2) is 46.0 Å². The van der Waals surface area contributed by atoms with Crippen LogP contribution in [0.5, 0.6) is 46.0 Å². The van der Waals surface area contributed by atoms with Crippen molar-refractivity contribution in [2.45, 2.75) is 118 Å². The fraction of sp³-hybridized carbons (Fsp3) is 0.704. The average Bonchev–Trinajstić information content (AvgIpc) is 0.864. The lowest BCUT2D eigenvalue weighted by Gasteiger charge is -2.32. The van der Waals surface area contributed by atoms with Crippen LogP contribution >= 0.6 is 11.6 Å². The average molecular weight is 1410 g/mol. The summed E-state index contributed by atoms with van der Waals surface area (Å²) in [7, 11) is 11.1. The number of likely N-dealkylation sites (N-methyl/N-ethyl adjacent to an activating group) is 5. The minimum absolute atomic E-state index is 0.0965. The molecular weight excluding hydrogens is 1280 g/mol. The summed E-state index contributed by atoms with van der Waals surface area (Å²) in [5, 5.41) is 37.8. The SMILES string of the molecule is CN1CCN(CCCCCl)CC1.C[C@H](Cc1ccc(O)c(O)c1)[C@@H](C)Cc1ccc(O)c(O)c1.C[C@H](Cc1ccc(OCCCCN2CCN(C)CC2)c(OCCCCN2CCN(C)CC2)c1)[C@@H](C)Cc1ccc(OCCCCN2CCN(C)CC2)c(OCCCCN2CCN(C)CC2)c1. The van der Waals surface area contributed by atoms with Crippen molar-refractivity contribution in [1.29, 1.82) is 0 Å². The number of phenols is 4. The maximum Gasteiger partial charge on any atom is 0.161 e. The van der Waals surface area contributed by atoms with E-state index < -0.39 is 0 Å². The van der Waals surface area contributed by atoms with E-state index in [0.717, 1.165) is 176 Å². The van der Waals surface area contributed by atoms with E-state index in [0.29, 0.717) is 23.7 Å². The van der Waals surface area contributed by atoms with E-state index in [1.165, 1.54) is 167 Å². The van der Waals surface area contributed by atoms with Crippen molar-refractivity contribution >= 4 is 11.6 Å². The van der Waals surface area contributed by atoms with Crippen LogP contribution in [0.2, 0.25) is 0 Å². The van der Waals surface area contributed by atoms with Gasteiger partial charge in [-0.1, -0.05) is 52.0 Å². The maximum absolute atomic E-state index is 9.54. The number of ether oxygens (including phenoxy) is 4. The van der Waals surface area contributed by atoms with Crippen molar-refractivity contribution < 1.29 is 39.4 Å². The molecule has 0 aliphatic carbocycles. The third-order valence-electron chi connectivity index (χ3n) is 21.6. The van der Waals surface area contributed by atoms with Gasteiger partial charge in [0.25, 0.3) is 0 Å². The standard InChI is InChI=1S/C54H94N8O4.C18H22O4.C9H19ClN2/c1-47(43-49-15-17-51(63-39-11-7-19-59-31-23-55(3)24-32-59)53(45-49)65-41-13-9-21-61-35-27-57(5)28-36-61)48(2)44-50-16-18-52(64-40-12-8-20-60-33-25-56(4)26-34-60)54(46-50)66-42-14-10-22-62-37-29-58(6)30-38-62;1-11(7-13-3-5-15(19)17(21)9-13)12(2)8-14-4-6-16(20)18(22)10-14;1-11-6-8-12(9-7-11)5-3-2-4-10/h15-18,45-48H,7-14,19-44H2,1-6H3;3-6,9-12,19-22H,7-8H2,1-2H3;2-9H2,1H3/t47-,48+;11-,12+;. The number of alkyl halides is 1.